The number of hydrogen-bond donors (Lipinski definition) is 0. The highest BCUT2D eigenvalue weighted by Crippen LogP contribution is 2.35. The van der Waals surface area contributed by atoms with E-state index in [4.69, 9.17) is 14.2 Å². The van der Waals surface area contributed by atoms with Gasteiger partial charge in [0, 0.05) is 4.88 Å². The topological polar surface area (TPSA) is 66.4 Å². The molecule has 1 saturated heterocycles. The molecule has 21 heavy (non-hydrogen) atoms. The first-order valence-electron chi connectivity index (χ1n) is 6.75. The number of hydrogen-bond acceptors (Lipinski definition) is 7. The fraction of sp³-hybridized carbons (Fsp3) is 0.571. The minimum atomic E-state index is -0.643. The van der Waals surface area contributed by atoms with E-state index in [1.54, 1.807) is 11.3 Å². The van der Waals surface area contributed by atoms with Gasteiger partial charge in [0.05, 0.1) is 31.6 Å². The van der Waals surface area contributed by atoms with Crippen LogP contribution in [0, 0.1) is 0 Å². The largest absolute Gasteiger partial charge is 0.478 e. The van der Waals surface area contributed by atoms with E-state index in [2.05, 4.69) is 9.73 Å². The van der Waals surface area contributed by atoms with E-state index in [9.17, 15) is 4.79 Å². The quantitative estimate of drug-likeness (QED) is 0.788. The van der Waals surface area contributed by atoms with Gasteiger partial charge in [0.15, 0.2) is 11.9 Å². The Morgan fingerprint density at radius 2 is 2.24 bits per heavy atom. The maximum atomic E-state index is 11.4. The highest BCUT2D eigenvalue weighted by molar-refractivity contribution is 7.12. The standard InChI is InChI=1S/C14H17NO5S/c1-14(19-5-6-20-14)11-4-3-9(21-11)7-12-15-10(8-18-12)13(16)17-2/h3-4,10H,5-8H2,1-2H3. The maximum Gasteiger partial charge on any atom is 0.334 e. The number of aliphatic imine (C=N–C) groups is 1. The number of thiophene rings is 1. The zero-order valence-corrected chi connectivity index (χ0v) is 12.8. The van der Waals surface area contributed by atoms with Crippen molar-refractivity contribution in [3.05, 3.63) is 21.9 Å². The predicted octanol–water partition coefficient (Wildman–Crippen LogP) is 1.48. The Morgan fingerprint density at radius 3 is 2.95 bits per heavy atom. The average molecular weight is 311 g/mol. The molecule has 1 aromatic rings. The van der Waals surface area contributed by atoms with Crippen LogP contribution in [-0.2, 0) is 35.9 Å². The summed E-state index contributed by atoms with van der Waals surface area (Å²) in [6.07, 6.45) is 0.564. The molecule has 7 heteroatoms. The Morgan fingerprint density at radius 1 is 1.48 bits per heavy atom. The summed E-state index contributed by atoms with van der Waals surface area (Å²) >= 11 is 1.60. The molecule has 0 bridgehead atoms. The summed E-state index contributed by atoms with van der Waals surface area (Å²) in [4.78, 5) is 17.8. The molecule has 114 valence electrons. The lowest BCUT2D eigenvalue weighted by molar-refractivity contribution is -0.147. The second kappa shape index (κ2) is 5.75. The summed E-state index contributed by atoms with van der Waals surface area (Å²) < 4.78 is 21.4. The van der Waals surface area contributed by atoms with Crippen LogP contribution in [0.1, 0.15) is 16.7 Å². The van der Waals surface area contributed by atoms with Crippen molar-refractivity contribution < 1.29 is 23.7 Å². The molecule has 3 heterocycles. The van der Waals surface area contributed by atoms with Crippen molar-refractivity contribution >= 4 is 23.2 Å². The molecule has 0 N–H and O–H groups in total. The molecule has 0 aromatic carbocycles. The number of esters is 1. The summed E-state index contributed by atoms with van der Waals surface area (Å²) in [5.41, 5.74) is 0. The smallest absolute Gasteiger partial charge is 0.334 e. The van der Waals surface area contributed by atoms with E-state index in [1.165, 1.54) is 7.11 Å². The molecule has 0 saturated carbocycles. The van der Waals surface area contributed by atoms with Gasteiger partial charge in [0.1, 0.15) is 6.61 Å². The minimum absolute atomic E-state index is 0.254. The summed E-state index contributed by atoms with van der Waals surface area (Å²) in [5.74, 6) is -0.440. The van der Waals surface area contributed by atoms with Crippen molar-refractivity contribution in [1.29, 1.82) is 0 Å². The third kappa shape index (κ3) is 2.95. The van der Waals surface area contributed by atoms with Crippen molar-refractivity contribution in [3.8, 4) is 0 Å². The van der Waals surface area contributed by atoms with Gasteiger partial charge in [-0.05, 0) is 19.1 Å². The van der Waals surface area contributed by atoms with Gasteiger partial charge >= 0.3 is 5.97 Å². The molecule has 0 amide bonds. The van der Waals surface area contributed by atoms with Crippen molar-refractivity contribution in [1.82, 2.24) is 0 Å². The summed E-state index contributed by atoms with van der Waals surface area (Å²) in [7, 11) is 1.35. The first kappa shape index (κ1) is 14.5. The van der Waals surface area contributed by atoms with E-state index in [0.29, 0.717) is 25.5 Å². The number of ether oxygens (including phenoxy) is 4. The zero-order chi connectivity index (χ0) is 14.9. The Bertz CT molecular complexity index is 561. The van der Waals surface area contributed by atoms with Gasteiger partial charge < -0.3 is 18.9 Å². The van der Waals surface area contributed by atoms with Crippen molar-refractivity contribution in [3.63, 3.8) is 0 Å². The summed E-state index contributed by atoms with van der Waals surface area (Å²) in [6.45, 7) is 3.40. The molecule has 0 aliphatic carbocycles. The number of carbonyl (C=O) groups is 1. The van der Waals surface area contributed by atoms with E-state index >= 15 is 0 Å². The molecule has 1 fully saturated rings. The highest BCUT2D eigenvalue weighted by atomic mass is 32.1. The number of nitrogens with zero attached hydrogens (tertiary/aromatic N) is 1. The summed E-state index contributed by atoms with van der Waals surface area (Å²) in [6, 6.07) is 3.47. The zero-order valence-electron chi connectivity index (χ0n) is 12.0. The Labute approximate surface area is 126 Å². The van der Waals surface area contributed by atoms with Gasteiger partial charge in [-0.25, -0.2) is 9.79 Å². The van der Waals surface area contributed by atoms with Crippen LogP contribution in [0.5, 0.6) is 0 Å². The predicted molar refractivity (Wildman–Crippen MR) is 76.5 cm³/mol. The number of carbonyl (C=O) groups excluding carboxylic acids is 1. The first-order chi connectivity index (χ1) is 10.1. The molecule has 0 spiro atoms. The molecule has 2 aliphatic heterocycles. The monoisotopic (exact) mass is 311 g/mol. The Kier molecular flexibility index (Phi) is 3.97. The van der Waals surface area contributed by atoms with Gasteiger partial charge in [-0.3, -0.25) is 0 Å². The molecule has 1 unspecified atom stereocenters. The van der Waals surface area contributed by atoms with Gasteiger partial charge in [0.25, 0.3) is 0 Å². The van der Waals surface area contributed by atoms with Gasteiger partial charge in [-0.2, -0.15) is 0 Å². The van der Waals surface area contributed by atoms with Crippen LogP contribution in [0.2, 0.25) is 0 Å². The SMILES string of the molecule is COC(=O)C1COC(Cc2ccc(C3(C)OCCO3)s2)=N1. The van der Waals surface area contributed by atoms with Gasteiger partial charge in [-0.1, -0.05) is 0 Å². The third-order valence-electron chi connectivity index (χ3n) is 3.45. The van der Waals surface area contributed by atoms with E-state index < -0.39 is 11.8 Å². The van der Waals surface area contributed by atoms with Crippen LogP contribution in [0.4, 0.5) is 0 Å². The lowest BCUT2D eigenvalue weighted by Crippen LogP contribution is -2.21. The molecule has 1 atom stereocenters. The number of methoxy groups -OCH3 is 1. The third-order valence-corrected chi connectivity index (χ3v) is 4.72. The van der Waals surface area contributed by atoms with Crippen molar-refractivity contribution in [2.75, 3.05) is 26.9 Å². The van der Waals surface area contributed by atoms with Gasteiger partial charge in [0.2, 0.25) is 5.79 Å². The molecule has 0 radical (unpaired) electrons. The van der Waals surface area contributed by atoms with Crippen molar-refractivity contribution in [2.24, 2.45) is 4.99 Å². The fourth-order valence-corrected chi connectivity index (χ4v) is 3.35. The molecular weight excluding hydrogens is 294 g/mol. The highest BCUT2D eigenvalue weighted by Gasteiger charge is 2.35. The van der Waals surface area contributed by atoms with Crippen LogP contribution >= 0.6 is 11.3 Å². The van der Waals surface area contributed by atoms with Crippen LogP contribution in [0.3, 0.4) is 0 Å². The van der Waals surface area contributed by atoms with E-state index in [-0.39, 0.29) is 12.6 Å². The first-order valence-corrected chi connectivity index (χ1v) is 7.57. The lowest BCUT2D eigenvalue weighted by Gasteiger charge is -2.20. The minimum Gasteiger partial charge on any atom is -0.478 e. The molecule has 2 aliphatic rings. The van der Waals surface area contributed by atoms with Crippen LogP contribution < -0.4 is 0 Å². The number of rotatable bonds is 4. The lowest BCUT2D eigenvalue weighted by atomic mass is 10.2. The van der Waals surface area contributed by atoms with Crippen LogP contribution in [0.25, 0.3) is 0 Å². The van der Waals surface area contributed by atoms with Crippen LogP contribution in [0.15, 0.2) is 17.1 Å². The second-order valence-electron chi connectivity index (χ2n) is 4.96. The maximum absolute atomic E-state index is 11.4. The molecule has 6 nitrogen and oxygen atoms in total. The fourth-order valence-electron chi connectivity index (χ4n) is 2.30. The summed E-state index contributed by atoms with van der Waals surface area (Å²) in [5, 5.41) is 0. The van der Waals surface area contributed by atoms with Crippen molar-refractivity contribution in [2.45, 2.75) is 25.2 Å². The molecule has 1 aromatic heterocycles. The molecular formula is C14H17NO5S. The van der Waals surface area contributed by atoms with E-state index in [0.717, 1.165) is 9.75 Å². The Balaban J connectivity index is 1.67. The van der Waals surface area contributed by atoms with E-state index in [1.807, 2.05) is 19.1 Å². The van der Waals surface area contributed by atoms with Gasteiger partial charge in [-0.15, -0.1) is 11.3 Å². The normalized spacial score (nSPS) is 23.7. The van der Waals surface area contributed by atoms with Crippen LogP contribution in [-0.4, -0.2) is 44.8 Å². The average Bonchev–Trinajstić information content (AvgIpc) is 3.19. The Hall–Kier alpha value is -1.44. The molecule has 3 rings (SSSR count). The second-order valence-corrected chi connectivity index (χ2v) is 6.13.